The zero-order valence-corrected chi connectivity index (χ0v) is 28.8. The molecule has 0 unspecified atom stereocenters. The molecule has 0 saturated heterocycles. The SMILES string of the molecule is Cc1ncc(-c2cccn3c(-c4cccc(F)c4F)ncc23)cc1C(=O)Nc1ccc(F)c(F)c1.Fc1cccc(-c2ncc3c(Br)cccn23)c1F. The van der Waals surface area contributed by atoms with Gasteiger partial charge in [0.25, 0.3) is 5.91 Å². The number of pyridine rings is 3. The Morgan fingerprint density at radius 2 is 1.21 bits per heavy atom. The normalized spacial score (nSPS) is 11.1. The minimum absolute atomic E-state index is 0.00998. The minimum atomic E-state index is -1.08. The highest BCUT2D eigenvalue weighted by molar-refractivity contribution is 9.10. The minimum Gasteiger partial charge on any atom is -0.322 e. The summed E-state index contributed by atoms with van der Waals surface area (Å²) in [6.45, 7) is 1.65. The average Bonchev–Trinajstić information content (AvgIpc) is 3.78. The van der Waals surface area contributed by atoms with E-state index in [9.17, 15) is 31.1 Å². The number of aryl methyl sites for hydroxylation is 1. The molecule has 3 aromatic carbocycles. The molecule has 8 rings (SSSR count). The number of aromatic nitrogens is 5. The molecule has 0 aliphatic heterocycles. The van der Waals surface area contributed by atoms with E-state index in [-0.39, 0.29) is 28.2 Å². The van der Waals surface area contributed by atoms with Crippen LogP contribution in [0.4, 0.5) is 32.0 Å². The van der Waals surface area contributed by atoms with E-state index in [4.69, 9.17) is 0 Å². The molecule has 53 heavy (non-hydrogen) atoms. The lowest BCUT2D eigenvalue weighted by molar-refractivity contribution is 0.102. The third kappa shape index (κ3) is 6.76. The number of nitrogens with one attached hydrogen (secondary N) is 1. The van der Waals surface area contributed by atoms with Crippen molar-refractivity contribution in [1.29, 1.82) is 0 Å². The lowest BCUT2D eigenvalue weighted by atomic mass is 10.0. The Kier molecular flexibility index (Phi) is 9.54. The number of imidazole rings is 2. The second-order valence-electron chi connectivity index (χ2n) is 11.6. The fraction of sp³-hybridized carbons (Fsp3) is 0.0256. The van der Waals surface area contributed by atoms with Crippen LogP contribution < -0.4 is 5.32 Å². The number of fused-ring (bicyclic) bond motifs is 2. The number of benzene rings is 3. The first-order valence-electron chi connectivity index (χ1n) is 15.7. The number of carbonyl (C=O) groups is 1. The Bertz CT molecular complexity index is 2690. The quantitative estimate of drug-likeness (QED) is 0.176. The first kappa shape index (κ1) is 35.1. The van der Waals surface area contributed by atoms with Crippen LogP contribution in [0.5, 0.6) is 0 Å². The fourth-order valence-corrected chi connectivity index (χ4v) is 6.13. The van der Waals surface area contributed by atoms with Crippen molar-refractivity contribution < 1.29 is 31.1 Å². The van der Waals surface area contributed by atoms with Gasteiger partial charge in [0.15, 0.2) is 34.9 Å². The van der Waals surface area contributed by atoms with Crippen LogP contribution in [0.3, 0.4) is 0 Å². The first-order valence-corrected chi connectivity index (χ1v) is 16.5. The summed E-state index contributed by atoms with van der Waals surface area (Å²) in [5, 5.41) is 2.54. The summed E-state index contributed by atoms with van der Waals surface area (Å²) >= 11 is 3.39. The number of rotatable bonds is 5. The number of hydrogen-bond acceptors (Lipinski definition) is 4. The molecular formula is C39H23BrF6N6O. The molecule has 0 spiro atoms. The van der Waals surface area contributed by atoms with Gasteiger partial charge in [-0.05, 0) is 83.5 Å². The van der Waals surface area contributed by atoms with Gasteiger partial charge in [-0.3, -0.25) is 18.6 Å². The van der Waals surface area contributed by atoms with Crippen LogP contribution in [0.15, 0.2) is 120 Å². The van der Waals surface area contributed by atoms with Gasteiger partial charge in [-0.2, -0.15) is 0 Å². The van der Waals surface area contributed by atoms with E-state index in [0.29, 0.717) is 28.2 Å². The zero-order chi connectivity index (χ0) is 37.4. The molecule has 0 aliphatic carbocycles. The van der Waals surface area contributed by atoms with Crippen molar-refractivity contribution in [2.45, 2.75) is 6.92 Å². The molecule has 264 valence electrons. The Balaban J connectivity index is 0.000000202. The van der Waals surface area contributed by atoms with Gasteiger partial charge in [-0.1, -0.05) is 18.2 Å². The van der Waals surface area contributed by atoms with Crippen molar-refractivity contribution in [3.8, 4) is 33.9 Å². The molecule has 0 bridgehead atoms. The highest BCUT2D eigenvalue weighted by Crippen LogP contribution is 2.31. The van der Waals surface area contributed by atoms with E-state index in [0.717, 1.165) is 34.3 Å². The third-order valence-corrected chi connectivity index (χ3v) is 8.97. The predicted octanol–water partition coefficient (Wildman–Crippen LogP) is 10.2. The standard InChI is InChI=1S/C26H16F4N4O.C13H7BrF2N2/c1-14-19(26(35)33-16-7-8-20(27)22(29)11-16)10-15(12-31-14)17-5-3-9-34-23(17)13-32-25(34)18-4-2-6-21(28)24(18)30;14-9-4-2-6-18-11(9)7-17-13(18)8-3-1-5-10(15)12(8)16/h2-13H,1H3,(H,33,35);1-7H. The second-order valence-corrected chi connectivity index (χ2v) is 12.4. The molecule has 0 aliphatic rings. The number of carbonyl (C=O) groups excluding carboxylic acids is 1. The van der Waals surface area contributed by atoms with Crippen LogP contribution in [-0.2, 0) is 0 Å². The number of anilines is 1. The summed E-state index contributed by atoms with van der Waals surface area (Å²) in [6, 6.07) is 19.8. The van der Waals surface area contributed by atoms with Crippen molar-refractivity contribution in [2.75, 3.05) is 5.32 Å². The maximum atomic E-state index is 14.4. The Morgan fingerprint density at radius 1 is 0.623 bits per heavy atom. The summed E-state index contributed by atoms with van der Waals surface area (Å²) in [4.78, 5) is 25.6. The highest BCUT2D eigenvalue weighted by atomic mass is 79.9. The Hall–Kier alpha value is -6.28. The van der Waals surface area contributed by atoms with Gasteiger partial charge in [0.05, 0.1) is 45.8 Å². The van der Waals surface area contributed by atoms with Crippen LogP contribution in [0.1, 0.15) is 16.1 Å². The Morgan fingerprint density at radius 3 is 1.85 bits per heavy atom. The maximum absolute atomic E-state index is 14.4. The van der Waals surface area contributed by atoms with Crippen LogP contribution >= 0.6 is 15.9 Å². The number of nitrogens with zero attached hydrogens (tertiary/aromatic N) is 5. The second kappa shape index (κ2) is 14.4. The van der Waals surface area contributed by atoms with Crippen molar-refractivity contribution in [1.82, 2.24) is 23.8 Å². The molecule has 7 nitrogen and oxygen atoms in total. The number of halogens is 7. The molecule has 1 amide bonds. The van der Waals surface area contributed by atoms with Crippen LogP contribution in [-0.4, -0.2) is 29.7 Å². The Labute approximate surface area is 305 Å². The molecule has 1 N–H and O–H groups in total. The summed E-state index contributed by atoms with van der Waals surface area (Å²) in [5.74, 6) is -5.79. The first-order chi connectivity index (χ1) is 25.5. The lowest BCUT2D eigenvalue weighted by Crippen LogP contribution is -2.14. The van der Waals surface area contributed by atoms with E-state index in [1.807, 2.05) is 6.07 Å². The van der Waals surface area contributed by atoms with Crippen LogP contribution in [0.25, 0.3) is 44.9 Å². The van der Waals surface area contributed by atoms with E-state index < -0.39 is 40.8 Å². The van der Waals surface area contributed by atoms with Gasteiger partial charge >= 0.3 is 0 Å². The van der Waals surface area contributed by atoms with Crippen molar-refractivity contribution in [2.24, 2.45) is 0 Å². The molecule has 8 aromatic rings. The number of hydrogen-bond donors (Lipinski definition) is 1. The van der Waals surface area contributed by atoms with E-state index in [1.54, 1.807) is 64.8 Å². The summed E-state index contributed by atoms with van der Waals surface area (Å²) in [5.41, 5.74) is 3.52. The van der Waals surface area contributed by atoms with Crippen molar-refractivity contribution in [3.05, 3.63) is 167 Å². The predicted molar refractivity (Wildman–Crippen MR) is 191 cm³/mol. The third-order valence-electron chi connectivity index (χ3n) is 8.30. The maximum Gasteiger partial charge on any atom is 0.257 e. The van der Waals surface area contributed by atoms with Gasteiger partial charge in [0, 0.05) is 45.9 Å². The van der Waals surface area contributed by atoms with Gasteiger partial charge < -0.3 is 5.32 Å². The lowest BCUT2D eigenvalue weighted by Gasteiger charge is -2.11. The fourth-order valence-electron chi connectivity index (χ4n) is 5.69. The van der Waals surface area contributed by atoms with Crippen molar-refractivity contribution in [3.63, 3.8) is 0 Å². The van der Waals surface area contributed by atoms with Crippen molar-refractivity contribution >= 4 is 38.6 Å². The molecule has 5 aromatic heterocycles. The van der Waals surface area contributed by atoms with Gasteiger partial charge in [0.1, 0.15) is 11.6 Å². The monoisotopic (exact) mass is 784 g/mol. The zero-order valence-electron chi connectivity index (χ0n) is 27.3. The van der Waals surface area contributed by atoms with E-state index in [2.05, 4.69) is 36.2 Å². The molecule has 0 saturated carbocycles. The van der Waals surface area contributed by atoms with Gasteiger partial charge in [0.2, 0.25) is 0 Å². The van der Waals surface area contributed by atoms with Gasteiger partial charge in [-0.25, -0.2) is 36.3 Å². The molecule has 5 heterocycles. The number of amides is 1. The highest BCUT2D eigenvalue weighted by Gasteiger charge is 2.19. The molecule has 14 heteroatoms. The summed E-state index contributed by atoms with van der Waals surface area (Å²) in [6.07, 6.45) is 8.14. The smallest absolute Gasteiger partial charge is 0.257 e. The van der Waals surface area contributed by atoms with E-state index in [1.165, 1.54) is 36.5 Å². The molecular weight excluding hydrogens is 762 g/mol. The van der Waals surface area contributed by atoms with E-state index >= 15 is 0 Å². The average molecular weight is 786 g/mol. The molecule has 0 fully saturated rings. The topological polar surface area (TPSA) is 76.6 Å². The van der Waals surface area contributed by atoms with Crippen LogP contribution in [0.2, 0.25) is 0 Å². The van der Waals surface area contributed by atoms with Crippen LogP contribution in [0, 0.1) is 41.8 Å². The molecule has 0 radical (unpaired) electrons. The summed E-state index contributed by atoms with van der Waals surface area (Å²) in [7, 11) is 0. The summed E-state index contributed by atoms with van der Waals surface area (Å²) < 4.78 is 86.1. The van der Waals surface area contributed by atoms with Gasteiger partial charge in [-0.15, -0.1) is 0 Å². The largest absolute Gasteiger partial charge is 0.322 e. The molecule has 0 atom stereocenters.